The Bertz CT molecular complexity index is 789. The first-order valence-corrected chi connectivity index (χ1v) is 8.68. The average molecular weight is 383 g/mol. The Labute approximate surface area is 154 Å². The molecular formula is C17H19ClN2O4S. The van der Waals surface area contributed by atoms with Crippen molar-refractivity contribution in [2.45, 2.75) is 26.0 Å². The number of aliphatic hydroxyl groups excluding tert-OH is 2. The number of benzene rings is 1. The van der Waals surface area contributed by atoms with Crippen molar-refractivity contribution in [3.8, 4) is 0 Å². The fourth-order valence-corrected chi connectivity index (χ4v) is 2.99. The molecule has 0 radical (unpaired) electrons. The minimum Gasteiger partial charge on any atom is -0.394 e. The van der Waals surface area contributed by atoms with Crippen LogP contribution in [-0.2, 0) is 6.61 Å². The normalized spacial score (nSPS) is 11.2. The largest absolute Gasteiger partial charge is 0.394 e. The number of carbonyl (C=O) groups excluding carboxylic acids is 2. The molecule has 2 aromatic rings. The molecule has 1 heterocycles. The van der Waals surface area contributed by atoms with Gasteiger partial charge in [-0.25, -0.2) is 0 Å². The summed E-state index contributed by atoms with van der Waals surface area (Å²) in [5.74, 6) is -0.759. The fraction of sp³-hybridized carbons (Fsp3) is 0.294. The number of nitrogens with one attached hydrogen (secondary N) is 2. The third-order valence-corrected chi connectivity index (χ3v) is 4.59. The molecule has 0 unspecified atom stereocenters. The third kappa shape index (κ3) is 5.27. The van der Waals surface area contributed by atoms with Crippen LogP contribution in [-0.4, -0.2) is 34.2 Å². The first-order valence-electron chi connectivity index (χ1n) is 7.49. The van der Waals surface area contributed by atoms with Gasteiger partial charge in [-0.05, 0) is 44.2 Å². The molecule has 0 aliphatic heterocycles. The van der Waals surface area contributed by atoms with Gasteiger partial charge in [-0.1, -0.05) is 11.6 Å². The highest BCUT2D eigenvalue weighted by Crippen LogP contribution is 2.22. The van der Waals surface area contributed by atoms with Crippen molar-refractivity contribution >= 4 is 40.4 Å². The van der Waals surface area contributed by atoms with E-state index in [1.807, 2.05) is 0 Å². The lowest BCUT2D eigenvalue weighted by Gasteiger charge is -2.23. The van der Waals surface area contributed by atoms with E-state index in [2.05, 4.69) is 10.6 Å². The van der Waals surface area contributed by atoms with E-state index in [1.54, 1.807) is 26.0 Å². The Morgan fingerprint density at radius 1 is 1.16 bits per heavy atom. The van der Waals surface area contributed by atoms with Crippen LogP contribution in [0.15, 0.2) is 30.3 Å². The maximum absolute atomic E-state index is 12.3. The number of anilines is 1. The number of thiophene rings is 1. The summed E-state index contributed by atoms with van der Waals surface area (Å²) in [6.07, 6.45) is 0. The van der Waals surface area contributed by atoms with Gasteiger partial charge in [0.05, 0.1) is 23.6 Å². The van der Waals surface area contributed by atoms with Crippen LogP contribution in [0.25, 0.3) is 0 Å². The van der Waals surface area contributed by atoms with Gasteiger partial charge in [-0.3, -0.25) is 9.59 Å². The van der Waals surface area contributed by atoms with Gasteiger partial charge in [0.15, 0.2) is 0 Å². The highest BCUT2D eigenvalue weighted by Gasteiger charge is 2.21. The van der Waals surface area contributed by atoms with Gasteiger partial charge in [-0.15, -0.1) is 11.3 Å². The molecule has 8 heteroatoms. The summed E-state index contributed by atoms with van der Waals surface area (Å²) in [6, 6.07) is 7.82. The summed E-state index contributed by atoms with van der Waals surface area (Å²) in [4.78, 5) is 25.7. The molecule has 134 valence electrons. The van der Waals surface area contributed by atoms with Crippen LogP contribution >= 0.6 is 22.9 Å². The van der Waals surface area contributed by atoms with Crippen molar-refractivity contribution in [2.24, 2.45) is 0 Å². The molecule has 0 bridgehead atoms. The maximum Gasteiger partial charge on any atom is 0.265 e. The van der Waals surface area contributed by atoms with E-state index in [0.29, 0.717) is 20.5 Å². The maximum atomic E-state index is 12.3. The molecule has 0 fully saturated rings. The van der Waals surface area contributed by atoms with Crippen LogP contribution in [0.3, 0.4) is 0 Å². The van der Waals surface area contributed by atoms with Gasteiger partial charge in [0.1, 0.15) is 0 Å². The monoisotopic (exact) mass is 382 g/mol. The van der Waals surface area contributed by atoms with Crippen LogP contribution in [0.1, 0.15) is 38.8 Å². The smallest absolute Gasteiger partial charge is 0.265 e. The zero-order chi connectivity index (χ0) is 18.6. The zero-order valence-electron chi connectivity index (χ0n) is 13.8. The van der Waals surface area contributed by atoms with E-state index in [-0.39, 0.29) is 24.7 Å². The van der Waals surface area contributed by atoms with Gasteiger partial charge in [0, 0.05) is 21.2 Å². The molecule has 25 heavy (non-hydrogen) atoms. The number of rotatable bonds is 6. The Morgan fingerprint density at radius 2 is 1.88 bits per heavy atom. The number of hydrogen-bond donors (Lipinski definition) is 4. The second-order valence-corrected chi connectivity index (χ2v) is 7.71. The highest BCUT2D eigenvalue weighted by molar-refractivity contribution is 7.14. The first-order chi connectivity index (χ1) is 11.7. The van der Waals surface area contributed by atoms with E-state index in [9.17, 15) is 14.7 Å². The Kier molecular flexibility index (Phi) is 6.18. The van der Waals surface area contributed by atoms with Crippen LogP contribution in [0, 0.1) is 0 Å². The number of hydrogen-bond acceptors (Lipinski definition) is 5. The lowest BCUT2D eigenvalue weighted by atomic mass is 10.1. The topological polar surface area (TPSA) is 98.7 Å². The van der Waals surface area contributed by atoms with Gasteiger partial charge in [0.25, 0.3) is 11.8 Å². The molecule has 0 saturated heterocycles. The summed E-state index contributed by atoms with van der Waals surface area (Å²) >= 11 is 7.23. The van der Waals surface area contributed by atoms with E-state index in [0.717, 1.165) is 0 Å². The summed E-state index contributed by atoms with van der Waals surface area (Å²) in [6.45, 7) is 3.04. The Hall–Kier alpha value is -1.93. The molecular weight excluding hydrogens is 364 g/mol. The van der Waals surface area contributed by atoms with Gasteiger partial charge in [-0.2, -0.15) is 0 Å². The first kappa shape index (κ1) is 19.4. The molecule has 2 amide bonds. The summed E-state index contributed by atoms with van der Waals surface area (Å²) in [5, 5.41) is 24.0. The molecule has 6 nitrogen and oxygen atoms in total. The molecule has 1 aromatic heterocycles. The van der Waals surface area contributed by atoms with Crippen molar-refractivity contribution in [1.82, 2.24) is 5.32 Å². The predicted molar refractivity (Wildman–Crippen MR) is 98.3 cm³/mol. The molecule has 4 N–H and O–H groups in total. The molecule has 0 aliphatic carbocycles. The average Bonchev–Trinajstić information content (AvgIpc) is 3.03. The van der Waals surface area contributed by atoms with Crippen molar-refractivity contribution in [1.29, 1.82) is 0 Å². The zero-order valence-corrected chi connectivity index (χ0v) is 15.4. The van der Waals surface area contributed by atoms with Gasteiger partial charge in [0.2, 0.25) is 0 Å². The van der Waals surface area contributed by atoms with Crippen LogP contribution in [0.4, 0.5) is 5.69 Å². The minimum atomic E-state index is -0.777. The minimum absolute atomic E-state index is 0.125. The number of amides is 2. The number of carbonyl (C=O) groups is 2. The summed E-state index contributed by atoms with van der Waals surface area (Å²) in [5.41, 5.74) is -0.129. The lowest BCUT2D eigenvalue weighted by molar-refractivity contribution is 0.0868. The summed E-state index contributed by atoms with van der Waals surface area (Å²) < 4.78 is 0. The number of halogens is 1. The van der Waals surface area contributed by atoms with Gasteiger partial charge < -0.3 is 20.8 Å². The molecule has 2 rings (SSSR count). The molecule has 0 aliphatic rings. The SMILES string of the molecule is CC(C)(CO)NC(=O)c1cc(Cl)cc(NC(=O)c2ccc(CO)s2)c1. The predicted octanol–water partition coefficient (Wildman–Crippen LogP) is 2.65. The number of aliphatic hydroxyl groups is 2. The summed E-state index contributed by atoms with van der Waals surface area (Å²) in [7, 11) is 0. The second kappa shape index (κ2) is 7.97. The molecule has 1 aromatic carbocycles. The van der Waals surface area contributed by atoms with Crippen LogP contribution in [0.5, 0.6) is 0 Å². The van der Waals surface area contributed by atoms with E-state index < -0.39 is 11.4 Å². The van der Waals surface area contributed by atoms with Crippen molar-refractivity contribution in [3.63, 3.8) is 0 Å². The second-order valence-electron chi connectivity index (χ2n) is 6.10. The lowest BCUT2D eigenvalue weighted by Crippen LogP contribution is -2.46. The standard InChI is InChI=1S/C17H19ClN2O4S/c1-17(2,9-22)20-15(23)10-5-11(18)7-12(6-10)19-16(24)14-4-3-13(8-21)25-14/h3-7,21-22H,8-9H2,1-2H3,(H,19,24)(H,20,23). The fourth-order valence-electron chi connectivity index (χ4n) is 1.99. The van der Waals surface area contributed by atoms with Gasteiger partial charge >= 0.3 is 0 Å². The van der Waals surface area contributed by atoms with Crippen molar-refractivity contribution < 1.29 is 19.8 Å². The molecule has 0 saturated carbocycles. The van der Waals surface area contributed by atoms with Crippen LogP contribution < -0.4 is 10.6 Å². The molecule has 0 atom stereocenters. The Balaban J connectivity index is 2.18. The van der Waals surface area contributed by atoms with E-state index in [4.69, 9.17) is 16.7 Å². The van der Waals surface area contributed by atoms with E-state index in [1.165, 1.54) is 29.5 Å². The Morgan fingerprint density at radius 3 is 2.48 bits per heavy atom. The quantitative estimate of drug-likeness (QED) is 0.617. The van der Waals surface area contributed by atoms with E-state index >= 15 is 0 Å². The third-order valence-electron chi connectivity index (χ3n) is 3.31. The van der Waals surface area contributed by atoms with Crippen LogP contribution in [0.2, 0.25) is 5.02 Å². The molecule has 0 spiro atoms. The van der Waals surface area contributed by atoms with Crippen molar-refractivity contribution in [3.05, 3.63) is 50.7 Å². The van der Waals surface area contributed by atoms with Crippen molar-refractivity contribution in [2.75, 3.05) is 11.9 Å². The highest BCUT2D eigenvalue weighted by atomic mass is 35.5.